The Labute approximate surface area is 91.2 Å². The Morgan fingerprint density at radius 3 is 2.81 bits per heavy atom. The molecule has 7 heteroatoms. The summed E-state index contributed by atoms with van der Waals surface area (Å²) in [5.41, 5.74) is 0. The molecule has 2 fully saturated rings. The zero-order valence-corrected chi connectivity index (χ0v) is 8.51. The first kappa shape index (κ1) is 10.9. The zero-order chi connectivity index (χ0) is 11.5. The number of nitrogens with zero attached hydrogens (tertiary/aromatic N) is 1. The number of hydrogen-bond donors (Lipinski definition) is 0. The van der Waals surface area contributed by atoms with Crippen molar-refractivity contribution < 1.29 is 28.7 Å². The highest BCUT2D eigenvalue weighted by Crippen LogP contribution is 2.12. The zero-order valence-electron chi connectivity index (χ0n) is 8.51. The van der Waals surface area contributed by atoms with Crippen molar-refractivity contribution in [1.29, 1.82) is 0 Å². The topological polar surface area (TPSA) is 82.1 Å². The number of Topliss-reactive ketones (excluding diaryl/α,β-unsaturated/α-hetero) is 1. The Hall–Kier alpha value is -1.63. The standard InChI is InChI=1S/C9H11NO6/c11-7-1-3-10(8(7)12)16-9(13)15-6-2-4-14-5-6/h6H,1-5H2/t6-/m0/s1. The predicted octanol–water partition coefficient (Wildman–Crippen LogP) is -0.355. The van der Waals surface area contributed by atoms with Crippen LogP contribution in [0.2, 0.25) is 0 Å². The molecular formula is C9H11NO6. The van der Waals surface area contributed by atoms with Crippen molar-refractivity contribution >= 4 is 17.8 Å². The number of hydrogen-bond acceptors (Lipinski definition) is 6. The average molecular weight is 229 g/mol. The number of amides is 1. The van der Waals surface area contributed by atoms with E-state index in [0.29, 0.717) is 19.6 Å². The SMILES string of the molecule is O=C(O[C@H]1CCOC1)ON1CCC(=O)C1=O. The van der Waals surface area contributed by atoms with Gasteiger partial charge in [-0.1, -0.05) is 0 Å². The van der Waals surface area contributed by atoms with E-state index in [1.165, 1.54) is 0 Å². The molecule has 0 N–H and O–H groups in total. The molecule has 2 heterocycles. The number of ketones is 1. The van der Waals surface area contributed by atoms with Crippen molar-refractivity contribution in [3.8, 4) is 0 Å². The van der Waals surface area contributed by atoms with Gasteiger partial charge in [0.2, 0.25) is 5.78 Å². The second-order valence-corrected chi connectivity index (χ2v) is 3.53. The summed E-state index contributed by atoms with van der Waals surface area (Å²) in [6, 6.07) is 0. The molecule has 0 unspecified atom stereocenters. The van der Waals surface area contributed by atoms with Crippen LogP contribution in [0.5, 0.6) is 0 Å². The smallest absolute Gasteiger partial charge is 0.427 e. The molecule has 0 saturated carbocycles. The second-order valence-electron chi connectivity index (χ2n) is 3.53. The van der Waals surface area contributed by atoms with E-state index in [1.807, 2.05) is 0 Å². The van der Waals surface area contributed by atoms with Crippen molar-refractivity contribution in [2.24, 2.45) is 0 Å². The first-order valence-electron chi connectivity index (χ1n) is 4.98. The van der Waals surface area contributed by atoms with Crippen molar-refractivity contribution in [2.45, 2.75) is 18.9 Å². The molecule has 0 spiro atoms. The second kappa shape index (κ2) is 4.48. The van der Waals surface area contributed by atoms with Crippen LogP contribution >= 0.6 is 0 Å². The summed E-state index contributed by atoms with van der Waals surface area (Å²) in [5.74, 6) is -1.36. The van der Waals surface area contributed by atoms with Crippen LogP contribution in [-0.4, -0.2) is 48.8 Å². The Bertz CT molecular complexity index is 322. The fourth-order valence-electron chi connectivity index (χ4n) is 1.49. The first-order chi connectivity index (χ1) is 7.66. The van der Waals surface area contributed by atoms with Gasteiger partial charge in [-0.3, -0.25) is 9.59 Å². The van der Waals surface area contributed by atoms with Crippen LogP contribution in [-0.2, 0) is 23.9 Å². The molecule has 0 aromatic carbocycles. The minimum absolute atomic E-state index is 0.0681. The summed E-state index contributed by atoms with van der Waals surface area (Å²) in [6.07, 6.45) is -0.625. The Morgan fingerprint density at radius 2 is 2.25 bits per heavy atom. The van der Waals surface area contributed by atoms with E-state index in [4.69, 9.17) is 9.47 Å². The van der Waals surface area contributed by atoms with E-state index in [2.05, 4.69) is 4.84 Å². The summed E-state index contributed by atoms with van der Waals surface area (Å²) in [5, 5.41) is 0.723. The molecule has 2 rings (SSSR count). The van der Waals surface area contributed by atoms with Gasteiger partial charge in [0.15, 0.2) is 0 Å². The highest BCUT2D eigenvalue weighted by Gasteiger charge is 2.33. The summed E-state index contributed by atoms with van der Waals surface area (Å²) in [7, 11) is 0. The van der Waals surface area contributed by atoms with Gasteiger partial charge in [-0.25, -0.2) is 4.79 Å². The lowest BCUT2D eigenvalue weighted by Gasteiger charge is -2.15. The van der Waals surface area contributed by atoms with Crippen LogP contribution < -0.4 is 0 Å². The lowest BCUT2D eigenvalue weighted by Crippen LogP contribution is -2.32. The van der Waals surface area contributed by atoms with Crippen LogP contribution in [0.1, 0.15) is 12.8 Å². The molecule has 2 aliphatic rings. The van der Waals surface area contributed by atoms with Crippen LogP contribution in [0.15, 0.2) is 0 Å². The lowest BCUT2D eigenvalue weighted by atomic mass is 10.3. The van der Waals surface area contributed by atoms with Crippen molar-refractivity contribution in [1.82, 2.24) is 5.06 Å². The maximum atomic E-state index is 11.2. The van der Waals surface area contributed by atoms with E-state index in [-0.39, 0.29) is 19.1 Å². The van der Waals surface area contributed by atoms with Crippen LogP contribution in [0.25, 0.3) is 0 Å². The fourth-order valence-corrected chi connectivity index (χ4v) is 1.49. The molecule has 7 nitrogen and oxygen atoms in total. The number of carbonyl (C=O) groups excluding carboxylic acids is 3. The largest absolute Gasteiger partial charge is 0.533 e. The quantitative estimate of drug-likeness (QED) is 0.475. The number of rotatable bonds is 2. The van der Waals surface area contributed by atoms with Gasteiger partial charge in [0.25, 0.3) is 0 Å². The van der Waals surface area contributed by atoms with E-state index in [0.717, 1.165) is 5.06 Å². The number of carbonyl (C=O) groups is 3. The molecule has 2 saturated heterocycles. The highest BCUT2D eigenvalue weighted by atomic mass is 16.8. The van der Waals surface area contributed by atoms with E-state index in [1.54, 1.807) is 0 Å². The first-order valence-corrected chi connectivity index (χ1v) is 4.98. The highest BCUT2D eigenvalue weighted by molar-refractivity contribution is 6.37. The van der Waals surface area contributed by atoms with Gasteiger partial charge in [-0.2, -0.15) is 5.06 Å². The summed E-state index contributed by atoms with van der Waals surface area (Å²) >= 11 is 0. The normalized spacial score (nSPS) is 25.0. The molecule has 0 aliphatic carbocycles. The van der Waals surface area contributed by atoms with Gasteiger partial charge in [0.1, 0.15) is 6.10 Å². The molecule has 0 bridgehead atoms. The molecule has 0 aromatic heterocycles. The summed E-state index contributed by atoms with van der Waals surface area (Å²) in [4.78, 5) is 37.8. The van der Waals surface area contributed by atoms with Crippen molar-refractivity contribution in [3.63, 3.8) is 0 Å². The minimum atomic E-state index is -0.974. The van der Waals surface area contributed by atoms with Crippen molar-refractivity contribution in [2.75, 3.05) is 19.8 Å². The van der Waals surface area contributed by atoms with E-state index in [9.17, 15) is 14.4 Å². The number of ether oxygens (including phenoxy) is 2. The molecule has 0 aromatic rings. The molecular weight excluding hydrogens is 218 g/mol. The average Bonchev–Trinajstić information content (AvgIpc) is 2.83. The molecule has 1 atom stereocenters. The molecule has 1 amide bonds. The van der Waals surface area contributed by atoms with Gasteiger partial charge in [-0.15, -0.1) is 0 Å². The Balaban J connectivity index is 1.78. The third kappa shape index (κ3) is 2.30. The van der Waals surface area contributed by atoms with Crippen LogP contribution in [0, 0.1) is 0 Å². The fraction of sp³-hybridized carbons (Fsp3) is 0.667. The Kier molecular flexibility index (Phi) is 3.04. The van der Waals surface area contributed by atoms with Gasteiger partial charge in [0.05, 0.1) is 19.8 Å². The maximum Gasteiger partial charge on any atom is 0.533 e. The molecule has 0 radical (unpaired) electrons. The van der Waals surface area contributed by atoms with Gasteiger partial charge in [0, 0.05) is 12.8 Å². The van der Waals surface area contributed by atoms with E-state index >= 15 is 0 Å². The van der Waals surface area contributed by atoms with Crippen LogP contribution in [0.3, 0.4) is 0 Å². The third-order valence-electron chi connectivity index (χ3n) is 2.34. The molecule has 16 heavy (non-hydrogen) atoms. The van der Waals surface area contributed by atoms with Gasteiger partial charge in [-0.05, 0) is 0 Å². The van der Waals surface area contributed by atoms with Gasteiger partial charge < -0.3 is 14.3 Å². The van der Waals surface area contributed by atoms with Gasteiger partial charge >= 0.3 is 12.1 Å². The Morgan fingerprint density at radius 1 is 1.44 bits per heavy atom. The third-order valence-corrected chi connectivity index (χ3v) is 2.34. The molecule has 88 valence electrons. The van der Waals surface area contributed by atoms with E-state index < -0.39 is 17.8 Å². The lowest BCUT2D eigenvalue weighted by molar-refractivity contribution is -0.168. The summed E-state index contributed by atoms with van der Waals surface area (Å²) in [6.45, 7) is 0.967. The van der Waals surface area contributed by atoms with Crippen LogP contribution in [0.4, 0.5) is 4.79 Å². The molecule has 2 aliphatic heterocycles. The van der Waals surface area contributed by atoms with Crippen molar-refractivity contribution in [3.05, 3.63) is 0 Å². The maximum absolute atomic E-state index is 11.2. The minimum Gasteiger partial charge on any atom is -0.427 e. The predicted molar refractivity (Wildman–Crippen MR) is 48.1 cm³/mol. The summed E-state index contributed by atoms with van der Waals surface area (Å²) < 4.78 is 9.86. The monoisotopic (exact) mass is 229 g/mol. The number of hydroxylamine groups is 2.